The lowest BCUT2D eigenvalue weighted by Gasteiger charge is -2.21. The highest BCUT2D eigenvalue weighted by Crippen LogP contribution is 2.24. The highest BCUT2D eigenvalue weighted by molar-refractivity contribution is 7.99. The van der Waals surface area contributed by atoms with Gasteiger partial charge in [-0.2, -0.15) is 0 Å². The summed E-state index contributed by atoms with van der Waals surface area (Å²) in [6.45, 7) is 4.66. The van der Waals surface area contributed by atoms with E-state index in [1.54, 1.807) is 7.11 Å². The van der Waals surface area contributed by atoms with E-state index >= 15 is 0 Å². The molecule has 1 heterocycles. The second-order valence-electron chi connectivity index (χ2n) is 6.21. The zero-order valence-corrected chi connectivity index (χ0v) is 16.6. The van der Waals surface area contributed by atoms with E-state index < -0.39 is 0 Å². The van der Waals surface area contributed by atoms with E-state index in [1.807, 2.05) is 60.4 Å². The van der Waals surface area contributed by atoms with E-state index in [1.165, 1.54) is 11.8 Å². The molecule has 0 aliphatic heterocycles. The number of carbonyl (C=O) groups is 1. The van der Waals surface area contributed by atoms with Crippen molar-refractivity contribution in [2.24, 2.45) is 0 Å². The molecule has 0 spiro atoms. The van der Waals surface area contributed by atoms with Crippen LogP contribution in [0.3, 0.4) is 0 Å². The van der Waals surface area contributed by atoms with Crippen LogP contribution in [0.15, 0.2) is 59.8 Å². The molecule has 1 aromatic heterocycles. The summed E-state index contributed by atoms with van der Waals surface area (Å²) in [6, 6.07) is 18.1. The maximum atomic E-state index is 12.7. The van der Waals surface area contributed by atoms with Crippen molar-refractivity contribution in [3.05, 3.63) is 60.2 Å². The standard InChI is InChI=1S/C21H25N3O2S/c1-3-23(15-17-9-5-4-6-10-17)20(25)16-27-21-22-18-11-7-8-12-19(18)24(21)13-14-26-2/h4-12H,3,13-16H2,1-2H3. The average Bonchev–Trinajstić information content (AvgIpc) is 3.06. The lowest BCUT2D eigenvalue weighted by Crippen LogP contribution is -2.31. The summed E-state index contributed by atoms with van der Waals surface area (Å²) < 4.78 is 7.36. The van der Waals surface area contributed by atoms with Crippen molar-refractivity contribution >= 4 is 28.7 Å². The maximum absolute atomic E-state index is 12.7. The van der Waals surface area contributed by atoms with Crippen molar-refractivity contribution in [3.63, 3.8) is 0 Å². The van der Waals surface area contributed by atoms with Crippen LogP contribution >= 0.6 is 11.8 Å². The molecule has 3 aromatic rings. The topological polar surface area (TPSA) is 47.4 Å². The van der Waals surface area contributed by atoms with Crippen LogP contribution in [-0.4, -0.2) is 46.4 Å². The molecule has 0 saturated carbocycles. The molecule has 0 N–H and O–H groups in total. The van der Waals surface area contributed by atoms with Crippen LogP contribution in [0.5, 0.6) is 0 Å². The average molecular weight is 384 g/mol. The highest BCUT2D eigenvalue weighted by Gasteiger charge is 2.16. The monoisotopic (exact) mass is 383 g/mol. The molecular weight excluding hydrogens is 358 g/mol. The fourth-order valence-electron chi connectivity index (χ4n) is 2.96. The molecule has 0 radical (unpaired) electrons. The van der Waals surface area contributed by atoms with Crippen LogP contribution in [0.1, 0.15) is 12.5 Å². The molecule has 0 unspecified atom stereocenters. The highest BCUT2D eigenvalue weighted by atomic mass is 32.2. The Morgan fingerprint density at radius 1 is 1.15 bits per heavy atom. The number of aromatic nitrogens is 2. The van der Waals surface area contributed by atoms with E-state index in [4.69, 9.17) is 9.72 Å². The number of hydrogen-bond acceptors (Lipinski definition) is 4. The molecule has 2 aromatic carbocycles. The number of nitrogens with zero attached hydrogens (tertiary/aromatic N) is 3. The van der Waals surface area contributed by atoms with Crippen molar-refractivity contribution in [2.45, 2.75) is 25.2 Å². The van der Waals surface area contributed by atoms with Gasteiger partial charge < -0.3 is 14.2 Å². The second kappa shape index (κ2) is 9.58. The fourth-order valence-corrected chi connectivity index (χ4v) is 3.90. The third kappa shape index (κ3) is 4.90. The van der Waals surface area contributed by atoms with Crippen LogP contribution in [0, 0.1) is 0 Å². The van der Waals surface area contributed by atoms with Gasteiger partial charge in [0.05, 0.1) is 23.4 Å². The van der Waals surface area contributed by atoms with Crippen LogP contribution < -0.4 is 0 Å². The molecule has 0 atom stereocenters. The van der Waals surface area contributed by atoms with Crippen molar-refractivity contribution in [1.29, 1.82) is 0 Å². The van der Waals surface area contributed by atoms with Gasteiger partial charge in [-0.15, -0.1) is 0 Å². The van der Waals surface area contributed by atoms with Gasteiger partial charge in [0.1, 0.15) is 0 Å². The molecule has 5 nitrogen and oxygen atoms in total. The minimum absolute atomic E-state index is 0.122. The van der Waals surface area contributed by atoms with E-state index in [0.717, 1.165) is 28.3 Å². The molecule has 27 heavy (non-hydrogen) atoms. The van der Waals surface area contributed by atoms with Gasteiger partial charge in [0.25, 0.3) is 0 Å². The van der Waals surface area contributed by atoms with Gasteiger partial charge in [0, 0.05) is 26.7 Å². The molecule has 3 rings (SSSR count). The third-order valence-electron chi connectivity index (χ3n) is 4.41. The number of hydrogen-bond donors (Lipinski definition) is 0. The SMILES string of the molecule is CCN(Cc1ccccc1)C(=O)CSc1nc2ccccc2n1CCOC. The van der Waals surface area contributed by atoms with Crippen LogP contribution in [0.2, 0.25) is 0 Å². The number of methoxy groups -OCH3 is 1. The van der Waals surface area contributed by atoms with Crippen molar-refractivity contribution in [1.82, 2.24) is 14.5 Å². The van der Waals surface area contributed by atoms with E-state index in [-0.39, 0.29) is 5.91 Å². The minimum atomic E-state index is 0.122. The Morgan fingerprint density at radius 3 is 2.63 bits per heavy atom. The summed E-state index contributed by atoms with van der Waals surface area (Å²) in [5, 5.41) is 0.859. The van der Waals surface area contributed by atoms with E-state index in [9.17, 15) is 4.79 Å². The summed E-state index contributed by atoms with van der Waals surface area (Å²) in [7, 11) is 1.69. The Balaban J connectivity index is 1.70. The first-order valence-electron chi connectivity index (χ1n) is 9.11. The quantitative estimate of drug-likeness (QED) is 0.527. The lowest BCUT2D eigenvalue weighted by molar-refractivity contribution is -0.128. The third-order valence-corrected chi connectivity index (χ3v) is 5.38. The summed E-state index contributed by atoms with van der Waals surface area (Å²) in [6.07, 6.45) is 0. The first kappa shape index (κ1) is 19.5. The molecule has 0 saturated heterocycles. The number of amides is 1. The summed E-state index contributed by atoms with van der Waals surface area (Å²) >= 11 is 1.49. The van der Waals surface area contributed by atoms with Gasteiger partial charge in [-0.25, -0.2) is 4.98 Å². The Labute approximate surface area is 164 Å². The number of imidazole rings is 1. The molecular formula is C21H25N3O2S. The van der Waals surface area contributed by atoms with E-state index in [2.05, 4.69) is 10.6 Å². The molecule has 6 heteroatoms. The predicted octanol–water partition coefficient (Wildman–Crippen LogP) is 3.82. The van der Waals surface area contributed by atoms with Gasteiger partial charge in [-0.3, -0.25) is 4.79 Å². The number of rotatable bonds is 9. The number of ether oxygens (including phenoxy) is 1. The zero-order chi connectivity index (χ0) is 19.1. The number of para-hydroxylation sites is 2. The van der Waals surface area contributed by atoms with E-state index in [0.29, 0.717) is 25.4 Å². The number of benzene rings is 2. The maximum Gasteiger partial charge on any atom is 0.233 e. The lowest BCUT2D eigenvalue weighted by atomic mass is 10.2. The van der Waals surface area contributed by atoms with Gasteiger partial charge in [-0.1, -0.05) is 54.2 Å². The minimum Gasteiger partial charge on any atom is -0.383 e. The molecule has 0 fully saturated rings. The van der Waals surface area contributed by atoms with Crippen molar-refractivity contribution in [3.8, 4) is 0 Å². The summed E-state index contributed by atoms with van der Waals surface area (Å²) in [4.78, 5) is 19.3. The first-order chi connectivity index (χ1) is 13.2. The van der Waals surface area contributed by atoms with Crippen molar-refractivity contribution in [2.75, 3.05) is 26.0 Å². The van der Waals surface area contributed by atoms with Gasteiger partial charge in [0.2, 0.25) is 5.91 Å². The van der Waals surface area contributed by atoms with Gasteiger partial charge in [-0.05, 0) is 24.6 Å². The Kier molecular flexibility index (Phi) is 6.90. The largest absolute Gasteiger partial charge is 0.383 e. The number of carbonyl (C=O) groups excluding carboxylic acids is 1. The van der Waals surface area contributed by atoms with Gasteiger partial charge in [0.15, 0.2) is 5.16 Å². The normalized spacial score (nSPS) is 11.0. The second-order valence-corrected chi connectivity index (χ2v) is 7.15. The first-order valence-corrected chi connectivity index (χ1v) is 10.1. The van der Waals surface area contributed by atoms with Gasteiger partial charge >= 0.3 is 0 Å². The molecule has 0 aliphatic rings. The zero-order valence-electron chi connectivity index (χ0n) is 15.8. The molecule has 0 bridgehead atoms. The molecule has 1 amide bonds. The number of thioether (sulfide) groups is 1. The smallest absolute Gasteiger partial charge is 0.233 e. The number of fused-ring (bicyclic) bond motifs is 1. The Hall–Kier alpha value is -2.31. The van der Waals surface area contributed by atoms with Crippen LogP contribution in [0.4, 0.5) is 0 Å². The Morgan fingerprint density at radius 2 is 1.89 bits per heavy atom. The van der Waals surface area contributed by atoms with Crippen molar-refractivity contribution < 1.29 is 9.53 Å². The predicted molar refractivity (Wildman–Crippen MR) is 110 cm³/mol. The Bertz CT molecular complexity index is 880. The molecule has 0 aliphatic carbocycles. The fraction of sp³-hybridized carbons (Fsp3) is 0.333. The van der Waals surface area contributed by atoms with Crippen LogP contribution in [0.25, 0.3) is 11.0 Å². The summed E-state index contributed by atoms with van der Waals surface area (Å²) in [5.41, 5.74) is 3.16. The summed E-state index contributed by atoms with van der Waals surface area (Å²) in [5.74, 6) is 0.494. The molecule has 142 valence electrons. The van der Waals surface area contributed by atoms with Crippen LogP contribution in [-0.2, 0) is 22.6 Å².